The highest BCUT2D eigenvalue weighted by molar-refractivity contribution is 8.04. The number of hydrogen-bond donors (Lipinski definition) is 1. The summed E-state index contributed by atoms with van der Waals surface area (Å²) in [5.41, 5.74) is 1.69. The molecule has 0 aromatic heterocycles. The Bertz CT molecular complexity index is 818. The lowest BCUT2D eigenvalue weighted by Gasteiger charge is -2.15. The summed E-state index contributed by atoms with van der Waals surface area (Å²) in [6.07, 6.45) is 0. The Balaban J connectivity index is 1.93. The molecule has 4 nitrogen and oxygen atoms in total. The summed E-state index contributed by atoms with van der Waals surface area (Å²) in [6, 6.07) is 14.7. The molecule has 2 aromatic rings. The van der Waals surface area contributed by atoms with E-state index in [-0.39, 0.29) is 30.8 Å². The Hall–Kier alpha value is -2.44. The highest BCUT2D eigenvalue weighted by atomic mass is 32.2. The highest BCUT2D eigenvalue weighted by Crippen LogP contribution is 2.36. The van der Waals surface area contributed by atoms with Crippen LogP contribution in [0.2, 0.25) is 0 Å². The van der Waals surface area contributed by atoms with E-state index in [1.54, 1.807) is 36.4 Å². The van der Waals surface area contributed by atoms with Crippen molar-refractivity contribution in [2.75, 3.05) is 12.4 Å². The van der Waals surface area contributed by atoms with Crippen molar-refractivity contribution in [1.29, 1.82) is 0 Å². The van der Waals surface area contributed by atoms with E-state index in [1.807, 2.05) is 6.07 Å². The van der Waals surface area contributed by atoms with Crippen LogP contribution in [-0.4, -0.2) is 34.2 Å². The van der Waals surface area contributed by atoms with Gasteiger partial charge in [0.1, 0.15) is 5.82 Å². The summed E-state index contributed by atoms with van der Waals surface area (Å²) in [5, 5.41) is 9.07. The second-order valence-electron chi connectivity index (χ2n) is 5.47. The standard InChI is InChI=1S/C19H16FNO3S/c20-15-8-6-13(7-9-15)12-21-18(23)16(14-4-2-1-3-5-14)17(19(21)24)25-11-10-22/h1-9,22H,10-12H2. The van der Waals surface area contributed by atoms with Crippen LogP contribution in [0.3, 0.4) is 0 Å². The molecule has 0 saturated heterocycles. The highest BCUT2D eigenvalue weighted by Gasteiger charge is 2.38. The van der Waals surface area contributed by atoms with Gasteiger partial charge in [-0.15, -0.1) is 11.8 Å². The molecule has 1 N–H and O–H groups in total. The first-order valence-corrected chi connectivity index (χ1v) is 8.74. The Labute approximate surface area is 149 Å². The third-order valence-corrected chi connectivity index (χ3v) is 4.83. The van der Waals surface area contributed by atoms with Crippen LogP contribution in [0.4, 0.5) is 4.39 Å². The molecule has 0 radical (unpaired) electrons. The monoisotopic (exact) mass is 357 g/mol. The van der Waals surface area contributed by atoms with Gasteiger partial charge in [-0.2, -0.15) is 0 Å². The summed E-state index contributed by atoms with van der Waals surface area (Å²) < 4.78 is 13.1. The molecule has 0 unspecified atom stereocenters. The number of rotatable bonds is 6. The van der Waals surface area contributed by atoms with E-state index in [2.05, 4.69) is 0 Å². The molecular formula is C19H16FNO3S. The zero-order valence-electron chi connectivity index (χ0n) is 13.3. The lowest BCUT2D eigenvalue weighted by Crippen LogP contribution is -2.31. The normalized spacial score (nSPS) is 14.6. The summed E-state index contributed by atoms with van der Waals surface area (Å²) in [6.45, 7) is -0.00681. The fourth-order valence-electron chi connectivity index (χ4n) is 2.61. The number of carbonyl (C=O) groups is 2. The molecule has 0 spiro atoms. The van der Waals surface area contributed by atoms with Crippen molar-refractivity contribution < 1.29 is 19.1 Å². The number of benzene rings is 2. The number of nitrogens with zero attached hydrogens (tertiary/aromatic N) is 1. The van der Waals surface area contributed by atoms with Crippen molar-refractivity contribution >= 4 is 29.1 Å². The summed E-state index contributed by atoms with van der Waals surface area (Å²) in [4.78, 5) is 27.1. The minimum Gasteiger partial charge on any atom is -0.396 e. The van der Waals surface area contributed by atoms with Crippen molar-refractivity contribution in [3.8, 4) is 0 Å². The summed E-state index contributed by atoms with van der Waals surface area (Å²) in [5.74, 6) is -0.799. The number of thioether (sulfide) groups is 1. The number of halogens is 1. The first-order valence-electron chi connectivity index (χ1n) is 7.76. The Morgan fingerprint density at radius 1 is 0.960 bits per heavy atom. The molecule has 0 atom stereocenters. The SMILES string of the molecule is O=C1C(SCCO)=C(c2ccccc2)C(=O)N1Cc1ccc(F)cc1. The molecule has 0 saturated carbocycles. The van der Waals surface area contributed by atoms with Gasteiger partial charge in [0.05, 0.1) is 23.6 Å². The van der Waals surface area contributed by atoms with Crippen molar-refractivity contribution in [2.45, 2.75) is 6.54 Å². The van der Waals surface area contributed by atoms with Crippen LogP contribution in [0.15, 0.2) is 59.5 Å². The molecule has 2 amide bonds. The molecule has 0 fully saturated rings. The summed E-state index contributed by atoms with van der Waals surface area (Å²) >= 11 is 1.17. The molecule has 0 bridgehead atoms. The average Bonchev–Trinajstić information content (AvgIpc) is 2.86. The number of carbonyl (C=O) groups excluding carboxylic acids is 2. The minimum absolute atomic E-state index is 0.0808. The van der Waals surface area contributed by atoms with Crippen molar-refractivity contribution in [2.24, 2.45) is 0 Å². The average molecular weight is 357 g/mol. The van der Waals surface area contributed by atoms with Crippen LogP contribution in [-0.2, 0) is 16.1 Å². The van der Waals surface area contributed by atoms with Crippen LogP contribution in [0, 0.1) is 5.82 Å². The van der Waals surface area contributed by atoms with E-state index in [0.717, 1.165) is 4.90 Å². The zero-order chi connectivity index (χ0) is 17.8. The third kappa shape index (κ3) is 3.65. The van der Waals surface area contributed by atoms with Crippen LogP contribution >= 0.6 is 11.8 Å². The van der Waals surface area contributed by atoms with Gasteiger partial charge < -0.3 is 5.11 Å². The molecule has 1 aliphatic rings. The predicted octanol–water partition coefficient (Wildman–Crippen LogP) is 2.83. The van der Waals surface area contributed by atoms with E-state index in [4.69, 9.17) is 5.11 Å². The van der Waals surface area contributed by atoms with Crippen LogP contribution < -0.4 is 0 Å². The number of imide groups is 1. The van der Waals surface area contributed by atoms with Gasteiger partial charge in [0, 0.05) is 5.75 Å². The van der Waals surface area contributed by atoms with Gasteiger partial charge in [-0.1, -0.05) is 42.5 Å². The molecular weight excluding hydrogens is 341 g/mol. The number of aliphatic hydroxyl groups is 1. The van der Waals surface area contributed by atoms with Gasteiger partial charge in [-0.25, -0.2) is 4.39 Å². The van der Waals surface area contributed by atoms with Crippen LogP contribution in [0.5, 0.6) is 0 Å². The maximum absolute atomic E-state index is 13.1. The maximum Gasteiger partial charge on any atom is 0.268 e. The lowest BCUT2D eigenvalue weighted by atomic mass is 10.1. The number of aliphatic hydroxyl groups excluding tert-OH is 1. The van der Waals surface area contributed by atoms with E-state index >= 15 is 0 Å². The van der Waals surface area contributed by atoms with E-state index in [0.29, 0.717) is 27.4 Å². The predicted molar refractivity (Wildman–Crippen MR) is 94.9 cm³/mol. The van der Waals surface area contributed by atoms with Gasteiger partial charge in [0.25, 0.3) is 11.8 Å². The number of hydrogen-bond acceptors (Lipinski definition) is 4. The van der Waals surface area contributed by atoms with Gasteiger partial charge in [0.2, 0.25) is 0 Å². The molecule has 6 heteroatoms. The molecule has 25 heavy (non-hydrogen) atoms. The second kappa shape index (κ2) is 7.63. The van der Waals surface area contributed by atoms with E-state index in [9.17, 15) is 14.0 Å². The Morgan fingerprint density at radius 3 is 2.28 bits per heavy atom. The molecule has 1 heterocycles. The smallest absolute Gasteiger partial charge is 0.268 e. The lowest BCUT2D eigenvalue weighted by molar-refractivity contribution is -0.137. The van der Waals surface area contributed by atoms with Crippen molar-refractivity contribution in [3.05, 3.63) is 76.4 Å². The van der Waals surface area contributed by atoms with Gasteiger partial charge in [-0.05, 0) is 23.3 Å². The van der Waals surface area contributed by atoms with Crippen molar-refractivity contribution in [3.63, 3.8) is 0 Å². The van der Waals surface area contributed by atoms with Gasteiger partial charge >= 0.3 is 0 Å². The maximum atomic E-state index is 13.1. The minimum atomic E-state index is -0.383. The quantitative estimate of drug-likeness (QED) is 0.808. The first-order chi connectivity index (χ1) is 12.1. The molecule has 128 valence electrons. The van der Waals surface area contributed by atoms with Gasteiger partial charge in [0.15, 0.2) is 0 Å². The molecule has 3 rings (SSSR count). The zero-order valence-corrected chi connectivity index (χ0v) is 14.1. The fourth-order valence-corrected chi connectivity index (χ4v) is 3.49. The molecule has 2 aromatic carbocycles. The number of amides is 2. The van der Waals surface area contributed by atoms with E-state index in [1.165, 1.54) is 23.9 Å². The topological polar surface area (TPSA) is 57.6 Å². The Morgan fingerprint density at radius 2 is 1.64 bits per heavy atom. The van der Waals surface area contributed by atoms with Crippen LogP contribution in [0.25, 0.3) is 5.57 Å². The molecule has 0 aliphatic carbocycles. The van der Waals surface area contributed by atoms with Crippen LogP contribution in [0.1, 0.15) is 11.1 Å². The first kappa shape index (κ1) is 17.4. The largest absolute Gasteiger partial charge is 0.396 e. The Kier molecular flexibility index (Phi) is 5.31. The third-order valence-electron chi connectivity index (χ3n) is 3.78. The van der Waals surface area contributed by atoms with Crippen molar-refractivity contribution in [1.82, 2.24) is 4.90 Å². The van der Waals surface area contributed by atoms with E-state index < -0.39 is 0 Å². The molecule has 1 aliphatic heterocycles. The fraction of sp³-hybridized carbons (Fsp3) is 0.158. The second-order valence-corrected chi connectivity index (χ2v) is 6.57. The van der Waals surface area contributed by atoms with Gasteiger partial charge in [-0.3, -0.25) is 14.5 Å². The summed E-state index contributed by atoms with van der Waals surface area (Å²) in [7, 11) is 0.